The Bertz CT molecular complexity index is 1780. The van der Waals surface area contributed by atoms with Crippen LogP contribution in [0, 0.1) is 0 Å². The fourth-order valence-corrected chi connectivity index (χ4v) is 6.00. The molecule has 3 heterocycles. The molecule has 2 atom stereocenters. The molecule has 0 saturated heterocycles. The lowest BCUT2D eigenvalue weighted by Gasteiger charge is -2.14. The van der Waals surface area contributed by atoms with E-state index in [1.807, 2.05) is 73.0 Å². The van der Waals surface area contributed by atoms with E-state index < -0.39 is 19.3 Å². The fraction of sp³-hybridized carbons (Fsp3) is 0.452. The number of halogens is 1. The third-order valence-electron chi connectivity index (χ3n) is 9.03. The number of nitrogens with zero attached hydrogens (tertiary/aromatic N) is 2. The van der Waals surface area contributed by atoms with E-state index in [-0.39, 0.29) is 31.4 Å². The van der Waals surface area contributed by atoms with Gasteiger partial charge in [0.05, 0.1) is 68.0 Å². The summed E-state index contributed by atoms with van der Waals surface area (Å²) in [6.07, 6.45) is 13.1. The lowest BCUT2D eigenvalue weighted by molar-refractivity contribution is -0.123. The first-order chi connectivity index (χ1) is 28.2. The Kier molecular flexibility index (Phi) is 20.7. The van der Waals surface area contributed by atoms with E-state index in [1.54, 1.807) is 16.6 Å². The zero-order valence-electron chi connectivity index (χ0n) is 33.3. The van der Waals surface area contributed by atoms with Gasteiger partial charge in [-0.3, -0.25) is 9.59 Å². The largest absolute Gasteiger partial charge is 0.484 e. The highest BCUT2D eigenvalue weighted by molar-refractivity contribution is 6.48. The first-order valence-corrected chi connectivity index (χ1v) is 20.0. The van der Waals surface area contributed by atoms with Crippen molar-refractivity contribution >= 4 is 36.8 Å². The van der Waals surface area contributed by atoms with Crippen molar-refractivity contribution in [2.75, 3.05) is 65.8 Å². The third kappa shape index (κ3) is 17.3. The first-order valence-electron chi connectivity index (χ1n) is 20.0. The van der Waals surface area contributed by atoms with Gasteiger partial charge >= 0.3 is 7.12 Å². The predicted octanol–water partition coefficient (Wildman–Crippen LogP) is 3.77. The summed E-state index contributed by atoms with van der Waals surface area (Å²) in [6.45, 7) is 4.94. The van der Waals surface area contributed by atoms with E-state index in [9.17, 15) is 24.1 Å². The van der Waals surface area contributed by atoms with Crippen molar-refractivity contribution in [2.45, 2.75) is 57.6 Å². The van der Waals surface area contributed by atoms with Gasteiger partial charge in [0, 0.05) is 44.4 Å². The van der Waals surface area contributed by atoms with Crippen molar-refractivity contribution in [1.29, 1.82) is 0 Å². The van der Waals surface area contributed by atoms with E-state index >= 15 is 0 Å². The third-order valence-corrected chi connectivity index (χ3v) is 9.03. The van der Waals surface area contributed by atoms with E-state index in [2.05, 4.69) is 25.9 Å². The molecular weight excluding hydrogens is 746 g/mol. The number of carbonyl (C=O) groups is 2. The summed E-state index contributed by atoms with van der Waals surface area (Å²) in [4.78, 5) is 32.1. The molecule has 7 N–H and O–H groups in total. The van der Waals surface area contributed by atoms with Gasteiger partial charge in [-0.15, -0.1) is 0 Å². The number of benzene rings is 1. The van der Waals surface area contributed by atoms with Crippen LogP contribution in [0.2, 0.25) is 6.82 Å². The first kappa shape index (κ1) is 45.9. The number of carbonyl (C=O) groups excluding carboxylic acids is 2. The molecule has 0 radical (unpaired) electrons. The minimum Gasteiger partial charge on any atom is -0.484 e. The number of unbranched alkanes of at least 4 members (excludes halogenated alkanes) is 2. The monoisotopic (exact) mass is 804 g/mol. The summed E-state index contributed by atoms with van der Waals surface area (Å²) in [5, 5.41) is 36.7. The lowest BCUT2D eigenvalue weighted by Crippen LogP contribution is -2.29. The Hall–Kier alpha value is -4.84. The molecule has 2 amide bonds. The number of aliphatic hydroxyl groups excluding tert-OH is 3. The van der Waals surface area contributed by atoms with Crippen LogP contribution in [0.5, 0.6) is 5.75 Å². The molecule has 0 bridgehead atoms. The van der Waals surface area contributed by atoms with Gasteiger partial charge in [-0.25, -0.2) is 4.99 Å². The summed E-state index contributed by atoms with van der Waals surface area (Å²) in [5.74, 6) is 0.333. The van der Waals surface area contributed by atoms with Crippen molar-refractivity contribution in [3.05, 3.63) is 89.9 Å². The number of ether oxygens (including phenoxy) is 3. The molecule has 2 aromatic heterocycles. The van der Waals surface area contributed by atoms with Crippen LogP contribution >= 0.6 is 0 Å². The number of allylic oxidation sites excluding steroid dienone is 3. The minimum absolute atomic E-state index is 0.0356. The van der Waals surface area contributed by atoms with Gasteiger partial charge in [-0.1, -0.05) is 24.6 Å². The molecule has 4 rings (SSSR count). The van der Waals surface area contributed by atoms with Crippen LogP contribution in [-0.2, 0) is 19.1 Å². The number of aliphatic hydroxyl groups is 3. The number of aromatic nitrogens is 2. The number of aliphatic imine (C=N–C) groups is 1. The average molecular weight is 805 g/mol. The zero-order chi connectivity index (χ0) is 41.4. The molecule has 1 aliphatic heterocycles. The summed E-state index contributed by atoms with van der Waals surface area (Å²) in [5.41, 5.74) is 4.78. The van der Waals surface area contributed by atoms with Crippen LogP contribution in [0.15, 0.2) is 83.6 Å². The molecule has 1 aliphatic rings. The Morgan fingerprint density at radius 1 is 0.897 bits per heavy atom. The van der Waals surface area contributed by atoms with Crippen LogP contribution in [0.4, 0.5) is 4.32 Å². The van der Waals surface area contributed by atoms with E-state index in [0.29, 0.717) is 71.2 Å². The Morgan fingerprint density at radius 3 is 2.41 bits per heavy atom. The number of H-pyrrole nitrogens is 1. The molecule has 0 spiro atoms. The van der Waals surface area contributed by atoms with Crippen LogP contribution in [0.1, 0.15) is 49.8 Å². The highest BCUT2D eigenvalue weighted by atomic mass is 19.1. The van der Waals surface area contributed by atoms with Crippen molar-refractivity contribution in [2.24, 2.45) is 4.99 Å². The van der Waals surface area contributed by atoms with E-state index in [4.69, 9.17) is 19.3 Å². The molecule has 0 saturated carbocycles. The summed E-state index contributed by atoms with van der Waals surface area (Å²) < 4.78 is 32.8. The summed E-state index contributed by atoms with van der Waals surface area (Å²) in [6, 6.07) is 15.0. The molecule has 1 aromatic carbocycles. The minimum atomic E-state index is -1.21. The number of hydrogen-bond acceptors (Lipinski definition) is 10. The molecular formula is C42H58BFN6O8. The standard InChI is InChI=1S/C42H58BFN6O8/c1-43(44)50-35(14-17-40(50)39-6-5-20-46-39)28-34-13-12-33(49-34)11-8-32-9-15-38(16-10-32)58-31-42(55)47-19-4-2-3-7-41(54)48-23-25-57-27-26-56-24-22-45-21-18-36(52)29-37(53)30-51/h5-6,8-17,20,28,36-37,45-46,51-53H,2-4,7,18-19,21-27,29-31H2,1H3,(H,47,55)(H,48,54)/b11-8+,34-28-/t36-,37-/m1/s1. The second-order valence-electron chi connectivity index (χ2n) is 13.8. The topological polar surface area (TPSA) is 192 Å². The molecule has 14 nitrogen and oxygen atoms in total. The second kappa shape index (κ2) is 26.2. The van der Waals surface area contributed by atoms with Crippen molar-refractivity contribution in [1.82, 2.24) is 25.4 Å². The zero-order valence-corrected chi connectivity index (χ0v) is 33.3. The maximum atomic E-state index is 14.6. The molecule has 3 aromatic rings. The van der Waals surface area contributed by atoms with Gasteiger partial charge in [-0.05, 0) is 98.9 Å². The van der Waals surface area contributed by atoms with Crippen LogP contribution in [-0.4, -0.2) is 127 Å². The van der Waals surface area contributed by atoms with Crippen molar-refractivity contribution in [3.8, 4) is 17.1 Å². The summed E-state index contributed by atoms with van der Waals surface area (Å²) >= 11 is 0. The Labute approximate surface area is 340 Å². The number of aromatic amines is 1. The SMILES string of the molecule is CB(F)n1c(/C=C2/C=CC(/C=C/c3ccc(OCC(=O)NCCCCCC(=O)NCCOCCOCCNCC[C@@H](O)C[C@@H](O)CO)cc3)=N2)ccc1-c1ccc[nH]1. The van der Waals surface area contributed by atoms with Crippen molar-refractivity contribution in [3.63, 3.8) is 0 Å². The molecule has 0 aliphatic carbocycles. The fourth-order valence-electron chi connectivity index (χ4n) is 6.00. The van der Waals surface area contributed by atoms with Gasteiger partial charge in [0.1, 0.15) is 5.75 Å². The van der Waals surface area contributed by atoms with Crippen LogP contribution in [0.25, 0.3) is 23.5 Å². The Morgan fingerprint density at radius 2 is 1.67 bits per heavy atom. The van der Waals surface area contributed by atoms with Gasteiger partial charge in [-0.2, -0.15) is 0 Å². The highest BCUT2D eigenvalue weighted by Crippen LogP contribution is 2.25. The quantitative estimate of drug-likeness (QED) is 0.0405. The molecule has 0 unspecified atom stereocenters. The van der Waals surface area contributed by atoms with Crippen LogP contribution < -0.4 is 20.7 Å². The molecule has 58 heavy (non-hydrogen) atoms. The highest BCUT2D eigenvalue weighted by Gasteiger charge is 2.19. The molecule has 16 heteroatoms. The average Bonchev–Trinajstić information content (AvgIpc) is 4.00. The maximum Gasteiger partial charge on any atom is 0.462 e. The number of amides is 2. The number of nitrogens with one attached hydrogen (secondary N) is 4. The van der Waals surface area contributed by atoms with Gasteiger partial charge in [0.2, 0.25) is 5.91 Å². The number of hydrogen-bond donors (Lipinski definition) is 7. The van der Waals surface area contributed by atoms with Gasteiger partial charge in [0.25, 0.3) is 5.91 Å². The van der Waals surface area contributed by atoms with Gasteiger partial charge < -0.3 is 59.3 Å². The normalized spacial score (nSPS) is 14.2. The van der Waals surface area contributed by atoms with Gasteiger partial charge in [0.15, 0.2) is 6.61 Å². The van der Waals surface area contributed by atoms with E-state index in [0.717, 1.165) is 53.3 Å². The molecule has 314 valence electrons. The smallest absolute Gasteiger partial charge is 0.462 e. The summed E-state index contributed by atoms with van der Waals surface area (Å²) in [7, 11) is -1.21. The predicted molar refractivity (Wildman–Crippen MR) is 225 cm³/mol. The molecule has 0 fully saturated rings. The number of rotatable bonds is 29. The second-order valence-corrected chi connectivity index (χ2v) is 13.8. The van der Waals surface area contributed by atoms with Crippen LogP contribution in [0.3, 0.4) is 0 Å². The Balaban J connectivity index is 0.979. The van der Waals surface area contributed by atoms with Crippen molar-refractivity contribution < 1.29 is 43.4 Å². The maximum absolute atomic E-state index is 14.6. The van der Waals surface area contributed by atoms with E-state index in [1.165, 1.54) is 6.82 Å². The lowest BCUT2D eigenvalue weighted by atomic mass is 9.90.